The maximum Gasteiger partial charge on any atom is 0.119 e. The standard InChI is InChI=1S/C8H12N2O2/c9-6-1-8(12-5-6)4-10-2-7(11)3-10/h1,5,7,11H,2-4,9H2. The fourth-order valence-electron chi connectivity index (χ4n) is 1.37. The highest BCUT2D eigenvalue weighted by molar-refractivity contribution is 5.34. The number of β-amino-alcohol motifs (C(OH)–C–C–N with tert-alkyl or cyclic N) is 1. The lowest BCUT2D eigenvalue weighted by molar-refractivity contribution is -0.00627. The van der Waals surface area contributed by atoms with Gasteiger partial charge in [-0.05, 0) is 0 Å². The molecule has 1 aliphatic rings. The number of aliphatic hydroxyl groups excluding tert-OH is 1. The van der Waals surface area contributed by atoms with Crippen LogP contribution in [0.1, 0.15) is 5.76 Å². The van der Waals surface area contributed by atoms with Gasteiger partial charge in [0.05, 0.1) is 18.3 Å². The van der Waals surface area contributed by atoms with Gasteiger partial charge in [0.1, 0.15) is 12.0 Å². The van der Waals surface area contributed by atoms with Crippen LogP contribution in [0.25, 0.3) is 0 Å². The molecule has 1 aromatic heterocycles. The summed E-state index contributed by atoms with van der Waals surface area (Å²) in [6.07, 6.45) is 1.38. The molecule has 12 heavy (non-hydrogen) atoms. The molecule has 1 saturated heterocycles. The van der Waals surface area contributed by atoms with Crippen molar-refractivity contribution in [2.75, 3.05) is 18.8 Å². The van der Waals surface area contributed by atoms with E-state index < -0.39 is 0 Å². The van der Waals surface area contributed by atoms with Gasteiger partial charge in [0.2, 0.25) is 0 Å². The maximum atomic E-state index is 9.00. The first-order valence-electron chi connectivity index (χ1n) is 3.97. The van der Waals surface area contributed by atoms with Crippen molar-refractivity contribution in [1.82, 2.24) is 4.90 Å². The first-order valence-corrected chi connectivity index (χ1v) is 3.97. The second-order valence-electron chi connectivity index (χ2n) is 3.19. The van der Waals surface area contributed by atoms with Crippen LogP contribution < -0.4 is 5.73 Å². The van der Waals surface area contributed by atoms with Gasteiger partial charge >= 0.3 is 0 Å². The van der Waals surface area contributed by atoms with Crippen molar-refractivity contribution >= 4 is 5.69 Å². The van der Waals surface area contributed by atoms with Crippen LogP contribution in [0.2, 0.25) is 0 Å². The number of likely N-dealkylation sites (tertiary alicyclic amines) is 1. The SMILES string of the molecule is Nc1coc(CN2CC(O)C2)c1. The minimum Gasteiger partial charge on any atom is -0.466 e. The molecule has 1 aliphatic heterocycles. The Hall–Kier alpha value is -1.00. The second kappa shape index (κ2) is 2.80. The number of hydrogen-bond acceptors (Lipinski definition) is 4. The Morgan fingerprint density at radius 2 is 2.42 bits per heavy atom. The number of hydrogen-bond donors (Lipinski definition) is 2. The summed E-state index contributed by atoms with van der Waals surface area (Å²) in [5, 5.41) is 9.00. The van der Waals surface area contributed by atoms with Crippen molar-refractivity contribution in [3.8, 4) is 0 Å². The van der Waals surface area contributed by atoms with Gasteiger partial charge in [-0.15, -0.1) is 0 Å². The quantitative estimate of drug-likeness (QED) is 0.654. The average molecular weight is 168 g/mol. The van der Waals surface area contributed by atoms with Gasteiger partial charge in [-0.3, -0.25) is 4.90 Å². The van der Waals surface area contributed by atoms with Crippen molar-refractivity contribution in [2.45, 2.75) is 12.6 Å². The highest BCUT2D eigenvalue weighted by Crippen LogP contribution is 2.15. The summed E-state index contributed by atoms with van der Waals surface area (Å²) in [4.78, 5) is 2.10. The van der Waals surface area contributed by atoms with Gasteiger partial charge in [0.25, 0.3) is 0 Å². The highest BCUT2D eigenvalue weighted by atomic mass is 16.3. The molecule has 1 aromatic rings. The monoisotopic (exact) mass is 168 g/mol. The van der Waals surface area contributed by atoms with E-state index >= 15 is 0 Å². The highest BCUT2D eigenvalue weighted by Gasteiger charge is 2.24. The van der Waals surface area contributed by atoms with Crippen molar-refractivity contribution in [3.05, 3.63) is 18.1 Å². The lowest BCUT2D eigenvalue weighted by Gasteiger charge is -2.34. The molecule has 0 aliphatic carbocycles. The van der Waals surface area contributed by atoms with Gasteiger partial charge in [-0.2, -0.15) is 0 Å². The molecule has 2 heterocycles. The minimum atomic E-state index is -0.155. The Morgan fingerprint density at radius 3 is 2.92 bits per heavy atom. The summed E-state index contributed by atoms with van der Waals surface area (Å²) < 4.78 is 5.16. The van der Waals surface area contributed by atoms with E-state index in [0.717, 1.165) is 25.4 Å². The molecular weight excluding hydrogens is 156 g/mol. The molecule has 0 bridgehead atoms. The third kappa shape index (κ3) is 1.44. The van der Waals surface area contributed by atoms with Crippen LogP contribution in [0.15, 0.2) is 16.7 Å². The van der Waals surface area contributed by atoms with Crippen LogP contribution in [0, 0.1) is 0 Å². The van der Waals surface area contributed by atoms with Crippen molar-refractivity contribution in [1.29, 1.82) is 0 Å². The number of nitrogen functional groups attached to an aromatic ring is 1. The first kappa shape index (κ1) is 7.64. The van der Waals surface area contributed by atoms with Crippen molar-refractivity contribution in [2.24, 2.45) is 0 Å². The number of rotatable bonds is 2. The normalized spacial score (nSPS) is 19.4. The summed E-state index contributed by atoms with van der Waals surface area (Å²) in [6, 6.07) is 1.81. The summed E-state index contributed by atoms with van der Waals surface area (Å²) in [6.45, 7) is 2.22. The predicted molar refractivity (Wildman–Crippen MR) is 44.4 cm³/mol. The number of nitrogens with two attached hydrogens (primary N) is 1. The van der Waals surface area contributed by atoms with Crippen molar-refractivity contribution < 1.29 is 9.52 Å². The maximum absolute atomic E-state index is 9.00. The van der Waals surface area contributed by atoms with E-state index in [9.17, 15) is 0 Å². The van der Waals surface area contributed by atoms with Crippen LogP contribution in [0.4, 0.5) is 5.69 Å². The number of aliphatic hydroxyl groups is 1. The van der Waals surface area contributed by atoms with Crippen LogP contribution in [-0.4, -0.2) is 29.2 Å². The molecule has 0 spiro atoms. The van der Waals surface area contributed by atoms with Gasteiger partial charge in [0, 0.05) is 19.2 Å². The van der Waals surface area contributed by atoms with E-state index in [1.165, 1.54) is 6.26 Å². The molecule has 4 nitrogen and oxygen atoms in total. The predicted octanol–water partition coefficient (Wildman–Crippen LogP) is 0.0383. The van der Waals surface area contributed by atoms with Crippen molar-refractivity contribution in [3.63, 3.8) is 0 Å². The Labute approximate surface area is 70.6 Å². The number of anilines is 1. The van der Waals surface area contributed by atoms with Crippen LogP contribution in [0.5, 0.6) is 0 Å². The fourth-order valence-corrected chi connectivity index (χ4v) is 1.37. The van der Waals surface area contributed by atoms with Crippen LogP contribution in [-0.2, 0) is 6.54 Å². The van der Waals surface area contributed by atoms with Gasteiger partial charge in [0.15, 0.2) is 0 Å². The van der Waals surface area contributed by atoms with Crippen LogP contribution >= 0.6 is 0 Å². The van der Waals surface area contributed by atoms with Gasteiger partial charge in [-0.25, -0.2) is 0 Å². The summed E-state index contributed by atoms with van der Waals surface area (Å²) in [5.74, 6) is 0.861. The number of furan rings is 1. The third-order valence-corrected chi connectivity index (χ3v) is 1.99. The molecule has 2 rings (SSSR count). The van der Waals surface area contributed by atoms with E-state index in [2.05, 4.69) is 4.90 Å². The molecule has 0 amide bonds. The van der Waals surface area contributed by atoms with Gasteiger partial charge < -0.3 is 15.3 Å². The average Bonchev–Trinajstić information content (AvgIpc) is 2.33. The fraction of sp³-hybridized carbons (Fsp3) is 0.500. The zero-order chi connectivity index (χ0) is 8.55. The second-order valence-corrected chi connectivity index (χ2v) is 3.19. The molecule has 4 heteroatoms. The third-order valence-electron chi connectivity index (χ3n) is 1.99. The van der Waals surface area contributed by atoms with E-state index in [4.69, 9.17) is 15.3 Å². The molecule has 3 N–H and O–H groups in total. The molecule has 0 radical (unpaired) electrons. The summed E-state index contributed by atoms with van der Waals surface area (Å²) in [7, 11) is 0. The van der Waals surface area contributed by atoms with E-state index in [1.807, 2.05) is 6.07 Å². The molecular formula is C8H12N2O2. The van der Waals surface area contributed by atoms with Gasteiger partial charge in [-0.1, -0.05) is 0 Å². The molecule has 1 fully saturated rings. The minimum absolute atomic E-state index is 0.155. The molecule has 0 unspecified atom stereocenters. The first-order chi connectivity index (χ1) is 5.74. The molecule has 0 saturated carbocycles. The Balaban J connectivity index is 1.88. The molecule has 0 atom stereocenters. The Kier molecular flexibility index (Phi) is 1.78. The number of nitrogens with zero attached hydrogens (tertiary/aromatic N) is 1. The van der Waals surface area contributed by atoms with E-state index in [1.54, 1.807) is 0 Å². The smallest absolute Gasteiger partial charge is 0.119 e. The van der Waals surface area contributed by atoms with Crippen LogP contribution in [0.3, 0.4) is 0 Å². The topological polar surface area (TPSA) is 62.6 Å². The lowest BCUT2D eigenvalue weighted by Crippen LogP contribution is -2.49. The molecule has 0 aromatic carbocycles. The zero-order valence-electron chi connectivity index (χ0n) is 6.73. The Morgan fingerprint density at radius 1 is 1.67 bits per heavy atom. The lowest BCUT2D eigenvalue weighted by atomic mass is 10.1. The Bertz CT molecular complexity index is 266. The summed E-state index contributed by atoms with van der Waals surface area (Å²) >= 11 is 0. The summed E-state index contributed by atoms with van der Waals surface area (Å²) in [5.41, 5.74) is 6.14. The van der Waals surface area contributed by atoms with E-state index in [0.29, 0.717) is 5.69 Å². The largest absolute Gasteiger partial charge is 0.466 e. The zero-order valence-corrected chi connectivity index (χ0v) is 6.73. The van der Waals surface area contributed by atoms with E-state index in [-0.39, 0.29) is 6.10 Å². The molecule has 66 valence electrons.